The first-order valence-electron chi connectivity index (χ1n) is 9.88. The van der Waals surface area contributed by atoms with Gasteiger partial charge in [0.2, 0.25) is 0 Å². The SMILES string of the molecule is O=C(c1cccc(Oc2ccccc2)c1)N1CCN(C(=O)c2cc(Cl)ccc2F)CC1. The highest BCUT2D eigenvalue weighted by Crippen LogP contribution is 2.23. The molecule has 5 nitrogen and oxygen atoms in total. The largest absolute Gasteiger partial charge is 0.457 e. The third kappa shape index (κ3) is 4.86. The maximum Gasteiger partial charge on any atom is 0.257 e. The number of benzene rings is 3. The molecule has 0 spiro atoms. The van der Waals surface area contributed by atoms with Gasteiger partial charge in [-0.2, -0.15) is 0 Å². The number of ether oxygens (including phenoxy) is 1. The van der Waals surface area contributed by atoms with Gasteiger partial charge in [-0.3, -0.25) is 9.59 Å². The van der Waals surface area contributed by atoms with Gasteiger partial charge in [0.05, 0.1) is 5.56 Å². The Morgan fingerprint density at radius 1 is 0.774 bits per heavy atom. The molecule has 1 aliphatic heterocycles. The highest BCUT2D eigenvalue weighted by atomic mass is 35.5. The Morgan fingerprint density at radius 3 is 2.13 bits per heavy atom. The number of rotatable bonds is 4. The summed E-state index contributed by atoms with van der Waals surface area (Å²) in [5.41, 5.74) is 0.451. The number of para-hydroxylation sites is 1. The molecule has 0 radical (unpaired) electrons. The van der Waals surface area contributed by atoms with Crippen molar-refractivity contribution in [2.45, 2.75) is 0 Å². The van der Waals surface area contributed by atoms with E-state index in [-0.39, 0.29) is 11.5 Å². The molecule has 7 heteroatoms. The Kier molecular flexibility index (Phi) is 6.18. The van der Waals surface area contributed by atoms with Crippen molar-refractivity contribution in [1.29, 1.82) is 0 Å². The summed E-state index contributed by atoms with van der Waals surface area (Å²) in [5.74, 6) is 0.0859. The lowest BCUT2D eigenvalue weighted by atomic mass is 10.1. The standard InChI is InChI=1S/C24H20ClFN2O3/c25-18-9-10-22(26)21(16-18)24(30)28-13-11-27(12-14-28)23(29)17-5-4-8-20(15-17)31-19-6-2-1-3-7-19/h1-10,15-16H,11-14H2. The molecule has 31 heavy (non-hydrogen) atoms. The number of nitrogens with zero attached hydrogens (tertiary/aromatic N) is 2. The predicted octanol–water partition coefficient (Wildman–Crippen LogP) is 4.87. The van der Waals surface area contributed by atoms with E-state index in [9.17, 15) is 14.0 Å². The van der Waals surface area contributed by atoms with Gasteiger partial charge in [-0.25, -0.2) is 4.39 Å². The van der Waals surface area contributed by atoms with Crippen LogP contribution in [-0.2, 0) is 0 Å². The minimum absolute atomic E-state index is 0.0574. The van der Waals surface area contributed by atoms with Crippen molar-refractivity contribution in [2.75, 3.05) is 26.2 Å². The van der Waals surface area contributed by atoms with Crippen LogP contribution in [0.3, 0.4) is 0 Å². The van der Waals surface area contributed by atoms with Gasteiger partial charge >= 0.3 is 0 Å². The highest BCUT2D eigenvalue weighted by Gasteiger charge is 2.27. The molecule has 158 valence electrons. The Hall–Kier alpha value is -3.38. The van der Waals surface area contributed by atoms with Crippen molar-refractivity contribution in [3.05, 3.63) is 94.8 Å². The van der Waals surface area contributed by atoms with E-state index in [0.29, 0.717) is 48.3 Å². The Balaban J connectivity index is 1.40. The fraction of sp³-hybridized carbons (Fsp3) is 0.167. The summed E-state index contributed by atoms with van der Waals surface area (Å²) < 4.78 is 19.8. The third-order valence-corrected chi connectivity index (χ3v) is 5.31. The molecule has 2 amide bonds. The highest BCUT2D eigenvalue weighted by molar-refractivity contribution is 6.31. The minimum Gasteiger partial charge on any atom is -0.457 e. The zero-order valence-electron chi connectivity index (χ0n) is 16.6. The normalized spacial score (nSPS) is 13.7. The van der Waals surface area contributed by atoms with Crippen molar-refractivity contribution >= 4 is 23.4 Å². The second kappa shape index (κ2) is 9.18. The fourth-order valence-electron chi connectivity index (χ4n) is 3.44. The summed E-state index contributed by atoms with van der Waals surface area (Å²) in [6, 6.07) is 20.2. The van der Waals surface area contributed by atoms with Gasteiger partial charge < -0.3 is 14.5 Å². The second-order valence-corrected chi connectivity index (χ2v) is 7.59. The maximum atomic E-state index is 14.0. The number of carbonyl (C=O) groups excluding carboxylic acids is 2. The molecule has 0 atom stereocenters. The molecule has 4 rings (SSSR count). The average Bonchev–Trinajstić information content (AvgIpc) is 2.81. The van der Waals surface area contributed by atoms with Crippen molar-refractivity contribution in [3.8, 4) is 11.5 Å². The van der Waals surface area contributed by atoms with Gasteiger partial charge in [0.15, 0.2) is 0 Å². The summed E-state index contributed by atoms with van der Waals surface area (Å²) in [6.07, 6.45) is 0. The number of halogens is 2. The summed E-state index contributed by atoms with van der Waals surface area (Å²) >= 11 is 5.90. The Labute approximate surface area is 184 Å². The lowest BCUT2D eigenvalue weighted by molar-refractivity contribution is 0.0532. The summed E-state index contributed by atoms with van der Waals surface area (Å²) in [6.45, 7) is 1.35. The van der Waals surface area contributed by atoms with Gasteiger partial charge in [-0.1, -0.05) is 35.9 Å². The summed E-state index contributed by atoms with van der Waals surface area (Å²) in [7, 11) is 0. The molecule has 0 unspecified atom stereocenters. The number of hydrogen-bond acceptors (Lipinski definition) is 3. The smallest absolute Gasteiger partial charge is 0.257 e. The number of amides is 2. The molecule has 1 heterocycles. The van der Waals surface area contributed by atoms with Crippen LogP contribution in [0.25, 0.3) is 0 Å². The van der Waals surface area contributed by atoms with Crippen molar-refractivity contribution in [2.24, 2.45) is 0 Å². The van der Waals surface area contributed by atoms with Crippen molar-refractivity contribution in [1.82, 2.24) is 9.80 Å². The Bertz CT molecular complexity index is 1100. The number of carbonyl (C=O) groups is 2. The van der Waals surface area contributed by atoms with E-state index in [1.807, 2.05) is 30.3 Å². The van der Waals surface area contributed by atoms with Crippen LogP contribution >= 0.6 is 11.6 Å². The monoisotopic (exact) mass is 438 g/mol. The molecule has 3 aromatic rings. The molecule has 0 saturated carbocycles. The van der Waals surface area contributed by atoms with Gasteiger partial charge in [0, 0.05) is 36.8 Å². The van der Waals surface area contributed by atoms with Crippen molar-refractivity contribution < 1.29 is 18.7 Å². The number of piperazine rings is 1. The van der Waals surface area contributed by atoms with Crippen LogP contribution in [0.5, 0.6) is 11.5 Å². The van der Waals surface area contributed by atoms with E-state index < -0.39 is 11.7 Å². The van der Waals surface area contributed by atoms with Gasteiger partial charge in [0.1, 0.15) is 17.3 Å². The first-order valence-corrected chi connectivity index (χ1v) is 10.3. The lowest BCUT2D eigenvalue weighted by Crippen LogP contribution is -2.50. The van der Waals surface area contributed by atoms with E-state index in [1.54, 1.807) is 29.2 Å². The lowest BCUT2D eigenvalue weighted by Gasteiger charge is -2.35. The van der Waals surface area contributed by atoms with Gasteiger partial charge in [-0.05, 0) is 48.5 Å². The van der Waals surface area contributed by atoms with Crippen LogP contribution < -0.4 is 4.74 Å². The molecular formula is C24H20ClFN2O3. The van der Waals surface area contributed by atoms with E-state index in [4.69, 9.17) is 16.3 Å². The maximum absolute atomic E-state index is 14.0. The molecule has 3 aromatic carbocycles. The van der Waals surface area contributed by atoms with Crippen LogP contribution in [0, 0.1) is 5.82 Å². The van der Waals surface area contributed by atoms with Crippen LogP contribution in [-0.4, -0.2) is 47.8 Å². The van der Waals surface area contributed by atoms with E-state index >= 15 is 0 Å². The second-order valence-electron chi connectivity index (χ2n) is 7.15. The first kappa shape index (κ1) is 20.9. The van der Waals surface area contributed by atoms with Gasteiger partial charge in [-0.15, -0.1) is 0 Å². The summed E-state index contributed by atoms with van der Waals surface area (Å²) in [5, 5.41) is 0.302. The average molecular weight is 439 g/mol. The fourth-order valence-corrected chi connectivity index (χ4v) is 3.62. The number of hydrogen-bond donors (Lipinski definition) is 0. The topological polar surface area (TPSA) is 49.9 Å². The Morgan fingerprint density at radius 2 is 1.42 bits per heavy atom. The predicted molar refractivity (Wildman–Crippen MR) is 116 cm³/mol. The minimum atomic E-state index is -0.608. The molecule has 1 saturated heterocycles. The van der Waals surface area contributed by atoms with E-state index in [1.165, 1.54) is 23.1 Å². The van der Waals surface area contributed by atoms with Gasteiger partial charge in [0.25, 0.3) is 11.8 Å². The zero-order valence-corrected chi connectivity index (χ0v) is 17.4. The molecule has 0 aromatic heterocycles. The quantitative estimate of drug-likeness (QED) is 0.584. The molecule has 0 N–H and O–H groups in total. The van der Waals surface area contributed by atoms with Crippen LogP contribution in [0.1, 0.15) is 20.7 Å². The zero-order chi connectivity index (χ0) is 21.8. The first-order chi connectivity index (χ1) is 15.0. The van der Waals surface area contributed by atoms with Crippen LogP contribution in [0.15, 0.2) is 72.8 Å². The van der Waals surface area contributed by atoms with E-state index in [2.05, 4.69) is 0 Å². The molecule has 1 fully saturated rings. The van der Waals surface area contributed by atoms with Crippen molar-refractivity contribution in [3.63, 3.8) is 0 Å². The molecule has 1 aliphatic rings. The molecular weight excluding hydrogens is 419 g/mol. The van der Waals surface area contributed by atoms with E-state index in [0.717, 1.165) is 0 Å². The third-order valence-electron chi connectivity index (χ3n) is 5.07. The van der Waals surface area contributed by atoms with Crippen LogP contribution in [0.2, 0.25) is 5.02 Å². The summed E-state index contributed by atoms with van der Waals surface area (Å²) in [4.78, 5) is 28.8. The molecule has 0 bridgehead atoms. The van der Waals surface area contributed by atoms with Crippen LogP contribution in [0.4, 0.5) is 4.39 Å². The molecule has 0 aliphatic carbocycles.